The largest absolute Gasteiger partial charge is 0.493 e. The monoisotopic (exact) mass is 469 g/mol. The van der Waals surface area contributed by atoms with Crippen LogP contribution in [0.3, 0.4) is 0 Å². The van der Waals surface area contributed by atoms with Crippen molar-refractivity contribution >= 4 is 23.4 Å². The number of hydrogen-bond acceptors (Lipinski definition) is 7. The second kappa shape index (κ2) is 12.2. The second-order valence-electron chi connectivity index (χ2n) is 7.35. The summed E-state index contributed by atoms with van der Waals surface area (Å²) in [7, 11) is 3.19. The summed E-state index contributed by atoms with van der Waals surface area (Å²) >= 11 is 1.52. The van der Waals surface area contributed by atoms with E-state index in [1.54, 1.807) is 14.2 Å². The number of ether oxygens (including phenoxy) is 2. The first-order chi connectivity index (χ1) is 16.0. The van der Waals surface area contributed by atoms with Crippen LogP contribution in [0.2, 0.25) is 0 Å². The number of thioether (sulfide) groups is 1. The molecular formula is C25H31N3O4S. The summed E-state index contributed by atoms with van der Waals surface area (Å²) in [5.41, 5.74) is 2.80. The van der Waals surface area contributed by atoms with Crippen molar-refractivity contribution in [1.29, 1.82) is 0 Å². The lowest BCUT2D eigenvalue weighted by atomic mass is 10.2. The topological polar surface area (TPSA) is 76.8 Å². The number of likely N-dealkylation sites (N-methyl/N-ethyl adjacent to an activating group) is 1. The van der Waals surface area contributed by atoms with Gasteiger partial charge in [0.2, 0.25) is 11.8 Å². The molecule has 1 aromatic heterocycles. The molecule has 8 heteroatoms. The maximum Gasteiger partial charge on any atom is 0.230 e. The molecule has 0 radical (unpaired) electrons. The van der Waals surface area contributed by atoms with Gasteiger partial charge in [0, 0.05) is 36.6 Å². The van der Waals surface area contributed by atoms with Gasteiger partial charge in [0.25, 0.3) is 0 Å². The van der Waals surface area contributed by atoms with Crippen molar-refractivity contribution < 1.29 is 18.7 Å². The average molecular weight is 470 g/mol. The van der Waals surface area contributed by atoms with E-state index in [0.717, 1.165) is 35.8 Å². The number of amides is 1. The number of carbonyl (C=O) groups excluding carboxylic acids is 1. The zero-order valence-corrected chi connectivity index (χ0v) is 20.4. The third-order valence-corrected chi connectivity index (χ3v) is 6.15. The summed E-state index contributed by atoms with van der Waals surface area (Å²) in [5, 5.41) is 3.00. The van der Waals surface area contributed by atoms with Crippen molar-refractivity contribution in [3.8, 4) is 23.0 Å². The van der Waals surface area contributed by atoms with Crippen molar-refractivity contribution in [1.82, 2.24) is 10.3 Å². The van der Waals surface area contributed by atoms with Crippen LogP contribution in [0, 0.1) is 6.92 Å². The van der Waals surface area contributed by atoms with Crippen LogP contribution < -0.4 is 19.7 Å². The zero-order chi connectivity index (χ0) is 23.6. The van der Waals surface area contributed by atoms with Crippen LogP contribution in [0.15, 0.2) is 52.9 Å². The third-order valence-electron chi connectivity index (χ3n) is 5.20. The minimum absolute atomic E-state index is 0.0189. The number of benzene rings is 2. The molecule has 0 saturated heterocycles. The smallest absolute Gasteiger partial charge is 0.230 e. The third kappa shape index (κ3) is 6.68. The second-order valence-corrected chi connectivity index (χ2v) is 8.34. The predicted octanol–water partition coefficient (Wildman–Crippen LogP) is 4.54. The molecule has 0 bridgehead atoms. The number of carbonyl (C=O) groups is 1. The van der Waals surface area contributed by atoms with Crippen molar-refractivity contribution in [2.45, 2.75) is 19.6 Å². The minimum atomic E-state index is 0.0189. The van der Waals surface area contributed by atoms with E-state index < -0.39 is 0 Å². The van der Waals surface area contributed by atoms with E-state index in [1.807, 2.05) is 43.3 Å². The highest BCUT2D eigenvalue weighted by atomic mass is 32.2. The molecule has 33 heavy (non-hydrogen) atoms. The van der Waals surface area contributed by atoms with Crippen molar-refractivity contribution in [3.05, 3.63) is 60.0 Å². The molecule has 0 saturated carbocycles. The first-order valence-electron chi connectivity index (χ1n) is 10.9. The Labute approximate surface area is 199 Å². The normalized spacial score (nSPS) is 10.7. The van der Waals surface area contributed by atoms with Crippen LogP contribution in [0.25, 0.3) is 11.5 Å². The van der Waals surface area contributed by atoms with Crippen LogP contribution in [-0.4, -0.2) is 50.5 Å². The van der Waals surface area contributed by atoms with Gasteiger partial charge in [-0.05, 0) is 44.2 Å². The molecule has 3 rings (SSSR count). The number of methoxy groups -OCH3 is 2. The van der Waals surface area contributed by atoms with Gasteiger partial charge in [0.05, 0.1) is 25.7 Å². The highest BCUT2D eigenvalue weighted by molar-refractivity contribution is 7.99. The number of aryl methyl sites for hydroxylation is 1. The Balaban J connectivity index is 1.47. The van der Waals surface area contributed by atoms with E-state index in [1.165, 1.54) is 11.8 Å². The summed E-state index contributed by atoms with van der Waals surface area (Å²) in [4.78, 5) is 19.1. The minimum Gasteiger partial charge on any atom is -0.493 e. The van der Waals surface area contributed by atoms with E-state index in [2.05, 4.69) is 34.3 Å². The molecule has 3 aromatic rings. The van der Waals surface area contributed by atoms with Crippen LogP contribution >= 0.6 is 11.8 Å². The average Bonchev–Trinajstić information content (AvgIpc) is 3.22. The van der Waals surface area contributed by atoms with Crippen LogP contribution in [0.4, 0.5) is 5.69 Å². The Morgan fingerprint density at radius 3 is 2.58 bits per heavy atom. The van der Waals surface area contributed by atoms with Gasteiger partial charge in [-0.25, -0.2) is 4.98 Å². The van der Waals surface area contributed by atoms with E-state index in [0.29, 0.717) is 35.4 Å². The fourth-order valence-corrected chi connectivity index (χ4v) is 4.24. The molecule has 0 unspecified atom stereocenters. The molecule has 1 heterocycles. The first kappa shape index (κ1) is 24.5. The zero-order valence-electron chi connectivity index (χ0n) is 19.6. The molecule has 0 aliphatic carbocycles. The van der Waals surface area contributed by atoms with Crippen molar-refractivity contribution in [2.75, 3.05) is 44.5 Å². The number of oxazole rings is 1. The molecule has 7 nitrogen and oxygen atoms in total. The van der Waals surface area contributed by atoms with Gasteiger partial charge in [-0.15, -0.1) is 11.8 Å². The van der Waals surface area contributed by atoms with Gasteiger partial charge >= 0.3 is 0 Å². The molecular weight excluding hydrogens is 438 g/mol. The van der Waals surface area contributed by atoms with Crippen LogP contribution in [0.5, 0.6) is 11.5 Å². The molecule has 1 N–H and O–H groups in total. The number of anilines is 1. The Morgan fingerprint density at radius 1 is 1.12 bits per heavy atom. The molecule has 0 aliphatic rings. The molecule has 1 amide bonds. The van der Waals surface area contributed by atoms with Crippen LogP contribution in [0.1, 0.15) is 18.4 Å². The lowest BCUT2D eigenvalue weighted by Gasteiger charge is -2.23. The number of para-hydroxylation sites is 1. The summed E-state index contributed by atoms with van der Waals surface area (Å²) in [6.07, 6.45) is 0. The number of nitrogens with one attached hydrogen (secondary N) is 1. The van der Waals surface area contributed by atoms with Crippen LogP contribution in [-0.2, 0) is 10.5 Å². The summed E-state index contributed by atoms with van der Waals surface area (Å²) < 4.78 is 16.5. The Kier molecular flexibility index (Phi) is 9.06. The summed E-state index contributed by atoms with van der Waals surface area (Å²) in [5.74, 6) is 3.52. The number of hydrogen-bond donors (Lipinski definition) is 1. The summed E-state index contributed by atoms with van der Waals surface area (Å²) in [6, 6.07) is 15.8. The van der Waals surface area contributed by atoms with E-state index >= 15 is 0 Å². The van der Waals surface area contributed by atoms with Crippen molar-refractivity contribution in [3.63, 3.8) is 0 Å². The highest BCUT2D eigenvalue weighted by Gasteiger charge is 2.15. The predicted molar refractivity (Wildman–Crippen MR) is 133 cm³/mol. The number of nitrogens with zero attached hydrogens (tertiary/aromatic N) is 2. The molecule has 0 spiro atoms. The molecule has 2 aromatic carbocycles. The lowest BCUT2D eigenvalue weighted by Crippen LogP contribution is -2.35. The Morgan fingerprint density at radius 2 is 1.88 bits per heavy atom. The van der Waals surface area contributed by atoms with Gasteiger partial charge in [-0.2, -0.15) is 0 Å². The number of rotatable bonds is 12. The van der Waals surface area contributed by atoms with Gasteiger partial charge in [-0.1, -0.05) is 18.2 Å². The van der Waals surface area contributed by atoms with E-state index in [4.69, 9.17) is 13.9 Å². The lowest BCUT2D eigenvalue weighted by molar-refractivity contribution is -0.118. The Hall–Kier alpha value is -3.13. The Bertz CT molecular complexity index is 1040. The molecule has 0 atom stereocenters. The summed E-state index contributed by atoms with van der Waals surface area (Å²) in [6.45, 7) is 6.27. The van der Waals surface area contributed by atoms with E-state index in [9.17, 15) is 4.79 Å². The number of aromatic nitrogens is 1. The van der Waals surface area contributed by atoms with Gasteiger partial charge in [0.15, 0.2) is 11.5 Å². The molecule has 176 valence electrons. The molecule has 0 fully saturated rings. The fraction of sp³-hybridized carbons (Fsp3) is 0.360. The molecule has 0 aliphatic heterocycles. The first-order valence-corrected chi connectivity index (χ1v) is 12.0. The quantitative estimate of drug-likeness (QED) is 0.417. The van der Waals surface area contributed by atoms with Gasteiger partial charge < -0.3 is 24.1 Å². The van der Waals surface area contributed by atoms with Crippen molar-refractivity contribution in [2.24, 2.45) is 0 Å². The maximum atomic E-state index is 12.3. The van der Waals surface area contributed by atoms with Gasteiger partial charge in [-0.3, -0.25) is 4.79 Å². The standard InChI is InChI=1S/C25H31N3O4S/c1-5-28(20-9-7-6-8-10-20)14-13-26-24(29)17-33-16-21-18(2)32-25(27-21)19-11-12-22(30-3)23(15-19)31-4/h6-12,15H,5,13-14,16-17H2,1-4H3,(H,26,29). The van der Waals surface area contributed by atoms with Gasteiger partial charge in [0.1, 0.15) is 5.76 Å². The van der Waals surface area contributed by atoms with E-state index in [-0.39, 0.29) is 5.91 Å². The maximum absolute atomic E-state index is 12.3. The highest BCUT2D eigenvalue weighted by Crippen LogP contribution is 2.33. The SMILES string of the molecule is CCN(CCNC(=O)CSCc1nc(-c2ccc(OC)c(OC)c2)oc1C)c1ccccc1. The fourth-order valence-electron chi connectivity index (χ4n) is 3.38.